The lowest BCUT2D eigenvalue weighted by Gasteiger charge is -2.37. The van der Waals surface area contributed by atoms with Crippen molar-refractivity contribution < 1.29 is 31.1 Å². The van der Waals surface area contributed by atoms with E-state index in [4.69, 9.17) is 0 Å². The van der Waals surface area contributed by atoms with Gasteiger partial charge >= 0.3 is 6.36 Å². The van der Waals surface area contributed by atoms with Crippen molar-refractivity contribution in [2.75, 3.05) is 24.5 Å². The van der Waals surface area contributed by atoms with Gasteiger partial charge in [-0.25, -0.2) is 8.42 Å². The third-order valence-electron chi connectivity index (χ3n) is 6.23. The zero-order valence-electron chi connectivity index (χ0n) is 17.4. The standard InChI is InChI=1S/C22H23F3N2O4S/c1-16-6-8-17(9-7-16)27-15-12-21(20(27)28)10-13-26(14-11-21)32(29,30)19-5-3-2-4-18(19)31-22(23,24)25/h2-9H,10-15H2,1H3. The molecule has 2 saturated heterocycles. The number of rotatable bonds is 4. The zero-order chi connectivity index (χ0) is 23.1. The SMILES string of the molecule is Cc1ccc(N2CCC3(CCN(S(=O)(=O)c4ccccc4OC(F)(F)F)CC3)C2=O)cc1. The number of anilines is 1. The minimum Gasteiger partial charge on any atom is -0.404 e. The molecule has 2 aliphatic heterocycles. The van der Waals surface area contributed by atoms with Gasteiger partial charge in [0.15, 0.2) is 0 Å². The summed E-state index contributed by atoms with van der Waals surface area (Å²) in [6, 6.07) is 12.4. The Labute approximate surface area is 184 Å². The Bertz CT molecular complexity index is 1110. The predicted octanol–water partition coefficient (Wildman–Crippen LogP) is 4.10. The molecule has 4 rings (SSSR count). The first-order chi connectivity index (χ1) is 15.0. The van der Waals surface area contributed by atoms with Crippen molar-refractivity contribution >= 4 is 21.6 Å². The summed E-state index contributed by atoms with van der Waals surface area (Å²) >= 11 is 0. The first kappa shape index (κ1) is 22.6. The molecule has 1 amide bonds. The molecule has 2 aromatic rings. The number of amides is 1. The van der Waals surface area contributed by atoms with Crippen LogP contribution in [0.1, 0.15) is 24.8 Å². The number of nitrogens with zero attached hydrogens (tertiary/aromatic N) is 2. The summed E-state index contributed by atoms with van der Waals surface area (Å²) in [6.07, 6.45) is -3.76. The number of aryl methyl sites for hydroxylation is 1. The fourth-order valence-electron chi connectivity index (χ4n) is 4.42. The van der Waals surface area contributed by atoms with Gasteiger partial charge in [-0.05, 0) is 50.5 Å². The van der Waals surface area contributed by atoms with E-state index < -0.39 is 32.4 Å². The van der Waals surface area contributed by atoms with Gasteiger partial charge in [0.2, 0.25) is 15.9 Å². The van der Waals surface area contributed by atoms with E-state index in [1.807, 2.05) is 31.2 Å². The minimum absolute atomic E-state index is 0.0285. The Hall–Kier alpha value is -2.59. The van der Waals surface area contributed by atoms with Crippen LogP contribution in [0, 0.1) is 12.3 Å². The molecule has 0 atom stereocenters. The van der Waals surface area contributed by atoms with Crippen LogP contribution >= 0.6 is 0 Å². The largest absolute Gasteiger partial charge is 0.573 e. The van der Waals surface area contributed by atoms with Gasteiger partial charge in [-0.2, -0.15) is 4.31 Å². The number of para-hydroxylation sites is 1. The lowest BCUT2D eigenvalue weighted by Crippen LogP contribution is -2.46. The molecule has 0 radical (unpaired) electrons. The number of carbonyl (C=O) groups excluding carboxylic acids is 1. The van der Waals surface area contributed by atoms with E-state index in [1.165, 1.54) is 12.1 Å². The van der Waals surface area contributed by atoms with Crippen molar-refractivity contribution in [1.29, 1.82) is 0 Å². The molecule has 6 nitrogen and oxygen atoms in total. The summed E-state index contributed by atoms with van der Waals surface area (Å²) in [7, 11) is -4.22. The average Bonchev–Trinajstić information content (AvgIpc) is 3.04. The molecular weight excluding hydrogens is 445 g/mol. The van der Waals surface area contributed by atoms with Gasteiger partial charge in [0.25, 0.3) is 0 Å². The maximum absolute atomic E-state index is 13.2. The van der Waals surface area contributed by atoms with Gasteiger partial charge in [0.05, 0.1) is 5.41 Å². The molecule has 10 heteroatoms. The van der Waals surface area contributed by atoms with Gasteiger partial charge in [-0.1, -0.05) is 29.8 Å². The summed E-state index contributed by atoms with van der Waals surface area (Å²) < 4.78 is 69.4. The van der Waals surface area contributed by atoms with Crippen molar-refractivity contribution in [2.24, 2.45) is 5.41 Å². The number of halogens is 3. The van der Waals surface area contributed by atoms with Crippen molar-refractivity contribution in [3.8, 4) is 5.75 Å². The first-order valence-corrected chi connectivity index (χ1v) is 11.7. The van der Waals surface area contributed by atoms with Crippen molar-refractivity contribution in [3.05, 3.63) is 54.1 Å². The highest BCUT2D eigenvalue weighted by Gasteiger charge is 2.50. The molecule has 2 heterocycles. The summed E-state index contributed by atoms with van der Waals surface area (Å²) in [6.45, 7) is 2.62. The quantitative estimate of drug-likeness (QED) is 0.678. The molecule has 2 aromatic carbocycles. The second kappa shape index (κ2) is 8.08. The van der Waals surface area contributed by atoms with Crippen LogP contribution in [0.4, 0.5) is 18.9 Å². The van der Waals surface area contributed by atoms with Gasteiger partial charge in [-0.15, -0.1) is 13.2 Å². The van der Waals surface area contributed by atoms with Gasteiger partial charge in [-0.3, -0.25) is 4.79 Å². The number of hydrogen-bond acceptors (Lipinski definition) is 4. The Morgan fingerprint density at radius 3 is 2.16 bits per heavy atom. The zero-order valence-corrected chi connectivity index (χ0v) is 18.2. The number of alkyl halides is 3. The maximum Gasteiger partial charge on any atom is 0.573 e. The molecule has 2 fully saturated rings. The molecule has 0 aliphatic carbocycles. The Morgan fingerprint density at radius 2 is 1.53 bits per heavy atom. The maximum atomic E-state index is 13.2. The van der Waals surface area contributed by atoms with E-state index in [1.54, 1.807) is 4.90 Å². The fraction of sp³-hybridized carbons (Fsp3) is 0.409. The fourth-order valence-corrected chi connectivity index (χ4v) is 5.98. The highest BCUT2D eigenvalue weighted by atomic mass is 32.2. The number of hydrogen-bond donors (Lipinski definition) is 0. The van der Waals surface area contributed by atoms with Crippen LogP contribution in [0.3, 0.4) is 0 Å². The van der Waals surface area contributed by atoms with Gasteiger partial charge in [0, 0.05) is 25.3 Å². The Balaban J connectivity index is 1.50. The van der Waals surface area contributed by atoms with Crippen molar-refractivity contribution in [3.63, 3.8) is 0 Å². The monoisotopic (exact) mass is 468 g/mol. The molecule has 0 aromatic heterocycles. The van der Waals surface area contributed by atoms with Crippen molar-refractivity contribution in [1.82, 2.24) is 4.31 Å². The van der Waals surface area contributed by atoms with Crippen LogP contribution < -0.4 is 9.64 Å². The molecule has 1 spiro atoms. The number of carbonyl (C=O) groups is 1. The third-order valence-corrected chi connectivity index (χ3v) is 8.17. The van der Waals surface area contributed by atoms with Gasteiger partial charge in [0.1, 0.15) is 10.6 Å². The van der Waals surface area contributed by atoms with E-state index in [9.17, 15) is 26.4 Å². The Kier molecular flexibility index (Phi) is 5.70. The van der Waals surface area contributed by atoms with E-state index in [-0.39, 0.29) is 19.0 Å². The van der Waals surface area contributed by atoms with Gasteiger partial charge < -0.3 is 9.64 Å². The number of sulfonamides is 1. The minimum atomic E-state index is -5.01. The van der Waals surface area contributed by atoms with E-state index >= 15 is 0 Å². The predicted molar refractivity (Wildman–Crippen MR) is 112 cm³/mol. The third kappa shape index (κ3) is 4.21. The van der Waals surface area contributed by atoms with Crippen LogP contribution in [0.15, 0.2) is 53.4 Å². The summed E-state index contributed by atoms with van der Waals surface area (Å²) in [5, 5.41) is 0. The van der Waals surface area contributed by atoms with Crippen molar-refractivity contribution in [2.45, 2.75) is 37.4 Å². The molecular formula is C22H23F3N2O4S. The van der Waals surface area contributed by atoms with Crippen LogP contribution in [0.2, 0.25) is 0 Å². The number of piperidine rings is 1. The first-order valence-electron chi connectivity index (χ1n) is 10.3. The van der Waals surface area contributed by atoms with E-state index in [0.29, 0.717) is 25.8 Å². The molecule has 0 saturated carbocycles. The second-order valence-corrected chi connectivity index (χ2v) is 10.1. The lowest BCUT2D eigenvalue weighted by molar-refractivity contribution is -0.275. The summed E-state index contributed by atoms with van der Waals surface area (Å²) in [5.74, 6) is -0.790. The summed E-state index contributed by atoms with van der Waals surface area (Å²) in [4.78, 5) is 14.4. The average molecular weight is 468 g/mol. The molecule has 0 unspecified atom stereocenters. The lowest BCUT2D eigenvalue weighted by atomic mass is 9.77. The molecule has 2 aliphatic rings. The second-order valence-electron chi connectivity index (χ2n) is 8.22. The molecule has 172 valence electrons. The van der Waals surface area contributed by atoms with Crippen LogP contribution in [0.25, 0.3) is 0 Å². The number of benzene rings is 2. The highest BCUT2D eigenvalue weighted by molar-refractivity contribution is 7.89. The van der Waals surface area contributed by atoms with Crippen LogP contribution in [0.5, 0.6) is 5.75 Å². The van der Waals surface area contributed by atoms with Crippen LogP contribution in [-0.4, -0.2) is 44.6 Å². The molecule has 0 bridgehead atoms. The molecule has 0 N–H and O–H groups in total. The normalized spacial score (nSPS) is 19.5. The van der Waals surface area contributed by atoms with E-state index in [2.05, 4.69) is 4.74 Å². The smallest absolute Gasteiger partial charge is 0.404 e. The number of ether oxygens (including phenoxy) is 1. The highest BCUT2D eigenvalue weighted by Crippen LogP contribution is 2.44. The molecule has 32 heavy (non-hydrogen) atoms. The topological polar surface area (TPSA) is 66.9 Å². The van der Waals surface area contributed by atoms with E-state index in [0.717, 1.165) is 27.7 Å². The Morgan fingerprint density at radius 1 is 0.938 bits per heavy atom. The summed E-state index contributed by atoms with van der Waals surface area (Å²) in [5.41, 5.74) is 1.24. The van der Waals surface area contributed by atoms with Crippen LogP contribution in [-0.2, 0) is 14.8 Å².